The number of benzene rings is 2. The van der Waals surface area contributed by atoms with Gasteiger partial charge in [-0.3, -0.25) is 9.13 Å². The van der Waals surface area contributed by atoms with Crippen LogP contribution in [0, 0.1) is 11.8 Å². The zero-order valence-electron chi connectivity index (χ0n) is 20.4. The lowest BCUT2D eigenvalue weighted by Gasteiger charge is -2.21. The molecular weight excluding hydrogens is 424 g/mol. The molecule has 0 bridgehead atoms. The largest absolute Gasteiger partial charge is 0.478 e. The highest BCUT2D eigenvalue weighted by Gasteiger charge is 2.18. The highest BCUT2D eigenvalue weighted by Crippen LogP contribution is 2.26. The van der Waals surface area contributed by atoms with Crippen LogP contribution in [0.1, 0.15) is 74.0 Å². The van der Waals surface area contributed by atoms with E-state index in [1.165, 1.54) is 32.1 Å². The molecular formula is C29H36N2O3. The van der Waals surface area contributed by atoms with Gasteiger partial charge in [0.25, 0.3) is 0 Å². The van der Waals surface area contributed by atoms with Crippen LogP contribution in [0.2, 0.25) is 0 Å². The monoisotopic (exact) mass is 460 g/mol. The molecule has 0 saturated heterocycles. The summed E-state index contributed by atoms with van der Waals surface area (Å²) in [7, 11) is 0. The number of carboxylic acids is 1. The van der Waals surface area contributed by atoms with E-state index in [4.69, 9.17) is 0 Å². The fourth-order valence-electron chi connectivity index (χ4n) is 5.06. The van der Waals surface area contributed by atoms with Crippen molar-refractivity contribution in [2.24, 2.45) is 11.8 Å². The van der Waals surface area contributed by atoms with Gasteiger partial charge in [-0.25, -0.2) is 9.59 Å². The molecule has 0 spiro atoms. The number of aromatic carboxylic acids is 1. The van der Waals surface area contributed by atoms with Gasteiger partial charge in [0.2, 0.25) is 0 Å². The number of imidazole rings is 1. The smallest absolute Gasteiger partial charge is 0.336 e. The van der Waals surface area contributed by atoms with E-state index in [0.29, 0.717) is 29.5 Å². The summed E-state index contributed by atoms with van der Waals surface area (Å²) in [6.45, 7) is 5.79. The Bertz CT molecular complexity index is 1160. The van der Waals surface area contributed by atoms with E-state index in [9.17, 15) is 14.7 Å². The van der Waals surface area contributed by atoms with Crippen LogP contribution >= 0.6 is 0 Å². The van der Waals surface area contributed by atoms with Crippen molar-refractivity contribution in [1.29, 1.82) is 0 Å². The number of carbonyl (C=O) groups is 1. The molecule has 0 atom stereocenters. The van der Waals surface area contributed by atoms with Crippen LogP contribution in [0.15, 0.2) is 59.5 Å². The van der Waals surface area contributed by atoms with Gasteiger partial charge in [0.05, 0.1) is 12.1 Å². The van der Waals surface area contributed by atoms with E-state index in [0.717, 1.165) is 36.2 Å². The maximum absolute atomic E-state index is 13.4. The summed E-state index contributed by atoms with van der Waals surface area (Å²) in [5.41, 5.74) is 4.10. The molecule has 1 aliphatic rings. The first-order chi connectivity index (χ1) is 16.4. The van der Waals surface area contributed by atoms with E-state index in [1.807, 2.05) is 45.5 Å². The number of aryl methyl sites for hydroxylation is 1. The molecule has 1 fully saturated rings. The minimum atomic E-state index is -0.930. The molecule has 1 N–H and O–H groups in total. The number of hydrogen-bond acceptors (Lipinski definition) is 2. The Morgan fingerprint density at radius 3 is 2.41 bits per heavy atom. The van der Waals surface area contributed by atoms with Gasteiger partial charge in [0.1, 0.15) is 0 Å². The number of hydrogen-bond donors (Lipinski definition) is 1. The first-order valence-electron chi connectivity index (χ1n) is 12.6. The number of nitrogens with zero attached hydrogens (tertiary/aromatic N) is 2. The number of rotatable bonds is 9. The third-order valence-electron chi connectivity index (χ3n) is 7.05. The Morgan fingerprint density at radius 1 is 1.03 bits per heavy atom. The van der Waals surface area contributed by atoms with Gasteiger partial charge in [-0.2, -0.15) is 0 Å². The van der Waals surface area contributed by atoms with Crippen molar-refractivity contribution in [3.63, 3.8) is 0 Å². The first kappa shape index (κ1) is 24.1. The molecule has 0 aliphatic heterocycles. The Labute approximate surface area is 202 Å². The van der Waals surface area contributed by atoms with Crippen LogP contribution < -0.4 is 5.69 Å². The molecule has 180 valence electrons. The molecule has 0 amide bonds. The van der Waals surface area contributed by atoms with E-state index in [-0.39, 0.29) is 5.69 Å². The Kier molecular flexibility index (Phi) is 7.71. The van der Waals surface area contributed by atoms with Crippen LogP contribution in [-0.4, -0.2) is 20.2 Å². The Balaban J connectivity index is 1.58. The highest BCUT2D eigenvalue weighted by molar-refractivity contribution is 5.95. The summed E-state index contributed by atoms with van der Waals surface area (Å²) in [5, 5.41) is 9.51. The first-order valence-corrected chi connectivity index (χ1v) is 12.6. The van der Waals surface area contributed by atoms with E-state index < -0.39 is 5.97 Å². The summed E-state index contributed by atoms with van der Waals surface area (Å²) in [6, 6.07) is 15.0. The van der Waals surface area contributed by atoms with Gasteiger partial charge >= 0.3 is 11.7 Å². The normalized spacial score (nSPS) is 14.6. The maximum Gasteiger partial charge on any atom is 0.336 e. The van der Waals surface area contributed by atoms with Crippen molar-refractivity contribution in [2.45, 2.75) is 71.9 Å². The minimum absolute atomic E-state index is 0.0876. The second kappa shape index (κ2) is 10.9. The average Bonchev–Trinajstić information content (AvgIpc) is 3.13. The fourth-order valence-corrected chi connectivity index (χ4v) is 5.06. The number of aromatic nitrogens is 2. The molecule has 1 heterocycles. The lowest BCUT2D eigenvalue weighted by molar-refractivity contribution is 0.0697. The third-order valence-corrected chi connectivity index (χ3v) is 7.05. The Hall–Kier alpha value is -3.08. The van der Waals surface area contributed by atoms with Crippen LogP contribution in [0.25, 0.3) is 11.1 Å². The molecule has 5 heteroatoms. The predicted octanol–water partition coefficient (Wildman–Crippen LogP) is 6.23. The van der Waals surface area contributed by atoms with Gasteiger partial charge in [-0.05, 0) is 60.3 Å². The predicted molar refractivity (Wildman–Crippen MR) is 136 cm³/mol. The second-order valence-corrected chi connectivity index (χ2v) is 10.1. The molecule has 1 saturated carbocycles. The average molecular weight is 461 g/mol. The lowest BCUT2D eigenvalue weighted by atomic mass is 9.89. The molecule has 1 aromatic heterocycles. The van der Waals surface area contributed by atoms with Crippen LogP contribution in [0.4, 0.5) is 0 Å². The minimum Gasteiger partial charge on any atom is -0.478 e. The molecule has 0 radical (unpaired) electrons. The van der Waals surface area contributed by atoms with E-state index in [2.05, 4.69) is 20.0 Å². The van der Waals surface area contributed by atoms with Gasteiger partial charge in [-0.1, -0.05) is 75.6 Å². The van der Waals surface area contributed by atoms with Crippen LogP contribution in [0.3, 0.4) is 0 Å². The molecule has 3 aromatic rings. The molecule has 4 rings (SSSR count). The molecule has 1 aliphatic carbocycles. The third kappa shape index (κ3) is 5.69. The number of carboxylic acid groups (broad SMARTS) is 1. The second-order valence-electron chi connectivity index (χ2n) is 10.1. The van der Waals surface area contributed by atoms with Crippen molar-refractivity contribution < 1.29 is 9.90 Å². The van der Waals surface area contributed by atoms with Gasteiger partial charge in [-0.15, -0.1) is 0 Å². The van der Waals surface area contributed by atoms with Crippen molar-refractivity contribution in [2.75, 3.05) is 0 Å². The molecule has 5 nitrogen and oxygen atoms in total. The summed E-state index contributed by atoms with van der Waals surface area (Å²) in [6.07, 6.45) is 10.4. The SMILES string of the molecule is CC(C)CCc1cn(CC2CCCCC2)c(=O)n1Cc1ccc(-c2ccccc2C(=O)O)cc1. The van der Waals surface area contributed by atoms with E-state index >= 15 is 0 Å². The van der Waals surface area contributed by atoms with Crippen molar-refractivity contribution in [3.05, 3.63) is 82.0 Å². The van der Waals surface area contributed by atoms with Crippen molar-refractivity contribution >= 4 is 5.97 Å². The van der Waals surface area contributed by atoms with Gasteiger partial charge in [0, 0.05) is 18.4 Å². The quantitative estimate of drug-likeness (QED) is 0.411. The summed E-state index contributed by atoms with van der Waals surface area (Å²) in [5.74, 6) is 0.257. The highest BCUT2D eigenvalue weighted by atomic mass is 16.4. The molecule has 34 heavy (non-hydrogen) atoms. The summed E-state index contributed by atoms with van der Waals surface area (Å²) < 4.78 is 3.88. The zero-order chi connectivity index (χ0) is 24.1. The fraction of sp³-hybridized carbons (Fsp3) is 0.448. The van der Waals surface area contributed by atoms with Crippen LogP contribution in [-0.2, 0) is 19.5 Å². The van der Waals surface area contributed by atoms with Gasteiger partial charge in [0.15, 0.2) is 0 Å². The Morgan fingerprint density at radius 2 is 1.74 bits per heavy atom. The van der Waals surface area contributed by atoms with Crippen LogP contribution in [0.5, 0.6) is 0 Å². The van der Waals surface area contributed by atoms with Crippen molar-refractivity contribution in [1.82, 2.24) is 9.13 Å². The van der Waals surface area contributed by atoms with Crippen molar-refractivity contribution in [3.8, 4) is 11.1 Å². The molecule has 0 unspecified atom stereocenters. The maximum atomic E-state index is 13.4. The van der Waals surface area contributed by atoms with E-state index in [1.54, 1.807) is 12.1 Å². The van der Waals surface area contributed by atoms with Gasteiger partial charge < -0.3 is 5.11 Å². The lowest BCUT2D eigenvalue weighted by Crippen LogP contribution is -2.28. The zero-order valence-corrected chi connectivity index (χ0v) is 20.4. The summed E-state index contributed by atoms with van der Waals surface area (Å²) in [4.78, 5) is 25.0. The molecule has 2 aromatic carbocycles. The standard InChI is InChI=1S/C29H36N2O3/c1-21(2)12-17-25-20-30(18-22-8-4-3-5-9-22)29(34)31(25)19-23-13-15-24(16-14-23)26-10-6-7-11-27(26)28(32)33/h6-7,10-11,13-16,20-22H,3-5,8-9,12,17-19H2,1-2H3,(H,32,33). The topological polar surface area (TPSA) is 64.2 Å². The summed E-state index contributed by atoms with van der Waals surface area (Å²) >= 11 is 0.